The molecule has 0 amide bonds. The summed E-state index contributed by atoms with van der Waals surface area (Å²) in [6.07, 6.45) is 1.86. The molecule has 1 unspecified atom stereocenters. The summed E-state index contributed by atoms with van der Waals surface area (Å²) in [6.45, 7) is 4.07. The Hall–Kier alpha value is -1.14. The zero-order valence-corrected chi connectivity index (χ0v) is 13.1. The van der Waals surface area contributed by atoms with E-state index >= 15 is 0 Å². The lowest BCUT2D eigenvalue weighted by molar-refractivity contribution is -0.146. The minimum atomic E-state index is -0.363. The van der Waals surface area contributed by atoms with Gasteiger partial charge in [0.2, 0.25) is 0 Å². The fourth-order valence-electron chi connectivity index (χ4n) is 3.34. The van der Waals surface area contributed by atoms with Gasteiger partial charge in [-0.2, -0.15) is 0 Å². The molecular weight excluding hydrogens is 304 g/mol. The number of hydrogen-bond donors (Lipinski definition) is 0. The van der Waals surface area contributed by atoms with Crippen molar-refractivity contribution in [3.05, 3.63) is 34.9 Å². The molecule has 0 N–H and O–H groups in total. The molecule has 6 heteroatoms. The summed E-state index contributed by atoms with van der Waals surface area (Å²) >= 11 is 5.92. The lowest BCUT2D eigenvalue weighted by atomic mass is 10.1. The number of nitrogens with zero attached hydrogens (tertiary/aromatic N) is 2. The van der Waals surface area contributed by atoms with Crippen LogP contribution in [0.25, 0.3) is 0 Å². The van der Waals surface area contributed by atoms with Gasteiger partial charge in [0.25, 0.3) is 0 Å². The number of hydrogen-bond acceptors (Lipinski definition) is 5. The Bertz CT molecular complexity index is 569. The van der Waals surface area contributed by atoms with Gasteiger partial charge in [-0.1, -0.05) is 28.9 Å². The van der Waals surface area contributed by atoms with Crippen LogP contribution in [-0.4, -0.2) is 55.4 Å². The van der Waals surface area contributed by atoms with Crippen LogP contribution in [0.3, 0.4) is 0 Å². The highest BCUT2D eigenvalue weighted by atomic mass is 35.5. The third kappa shape index (κ3) is 2.86. The van der Waals surface area contributed by atoms with Gasteiger partial charge in [0.05, 0.1) is 25.5 Å². The van der Waals surface area contributed by atoms with Gasteiger partial charge in [-0.15, -0.1) is 0 Å². The van der Waals surface area contributed by atoms with Crippen LogP contribution in [-0.2, 0) is 14.3 Å². The monoisotopic (exact) mass is 322 g/mol. The molecule has 0 bridgehead atoms. The summed E-state index contributed by atoms with van der Waals surface area (Å²) in [5.41, 5.74) is 2.07. The fourth-order valence-corrected chi connectivity index (χ4v) is 3.47. The van der Waals surface area contributed by atoms with Crippen LogP contribution < -0.4 is 0 Å². The van der Waals surface area contributed by atoms with Gasteiger partial charge >= 0.3 is 0 Å². The zero-order valence-electron chi connectivity index (χ0n) is 12.3. The molecule has 3 aliphatic rings. The van der Waals surface area contributed by atoms with E-state index in [2.05, 4.69) is 10.1 Å². The number of ether oxygens (including phenoxy) is 2. The Labute approximate surface area is 134 Å². The summed E-state index contributed by atoms with van der Waals surface area (Å²) in [5.74, 6) is -0.363. The van der Waals surface area contributed by atoms with Crippen LogP contribution in [0.5, 0.6) is 0 Å². The van der Waals surface area contributed by atoms with Crippen molar-refractivity contribution in [1.82, 2.24) is 4.90 Å². The number of oxime groups is 1. The van der Waals surface area contributed by atoms with Gasteiger partial charge in [0, 0.05) is 31.0 Å². The first-order valence-corrected chi connectivity index (χ1v) is 8.09. The van der Waals surface area contributed by atoms with Crippen molar-refractivity contribution < 1.29 is 14.3 Å². The minimum absolute atomic E-state index is 0.0993. The van der Waals surface area contributed by atoms with E-state index in [0.717, 1.165) is 48.8 Å². The van der Waals surface area contributed by atoms with Crippen molar-refractivity contribution in [3.63, 3.8) is 0 Å². The number of likely N-dealkylation sites (tertiary alicyclic amines) is 1. The average molecular weight is 323 g/mol. The average Bonchev–Trinajstić information content (AvgIpc) is 3.24. The number of halogens is 1. The third-order valence-electron chi connectivity index (χ3n) is 4.46. The molecule has 0 saturated carbocycles. The topological polar surface area (TPSA) is 43.3 Å². The van der Waals surface area contributed by atoms with Gasteiger partial charge < -0.3 is 14.3 Å². The molecule has 4 rings (SSSR count). The predicted octanol–water partition coefficient (Wildman–Crippen LogP) is 2.28. The van der Waals surface area contributed by atoms with Crippen LogP contribution in [0.4, 0.5) is 0 Å². The molecular formula is C16H19ClN2O3. The number of benzene rings is 1. The van der Waals surface area contributed by atoms with E-state index < -0.39 is 0 Å². The largest absolute Gasteiger partial charge is 0.390 e. The summed E-state index contributed by atoms with van der Waals surface area (Å²) in [7, 11) is 0. The summed E-state index contributed by atoms with van der Waals surface area (Å²) < 4.78 is 11.5. The SMILES string of the molecule is Clc1ccc(C2=NOC(CN3CCC4(C3)OCCO4)C2)cc1. The van der Waals surface area contributed by atoms with Crippen molar-refractivity contribution >= 4 is 17.3 Å². The first-order chi connectivity index (χ1) is 10.7. The molecule has 2 fully saturated rings. The molecule has 0 radical (unpaired) electrons. The summed E-state index contributed by atoms with van der Waals surface area (Å²) in [4.78, 5) is 7.94. The van der Waals surface area contributed by atoms with Crippen LogP contribution in [0, 0.1) is 0 Å². The van der Waals surface area contributed by atoms with E-state index in [-0.39, 0.29) is 11.9 Å². The fraction of sp³-hybridized carbons (Fsp3) is 0.562. The molecule has 1 spiro atoms. The van der Waals surface area contributed by atoms with Crippen molar-refractivity contribution in [3.8, 4) is 0 Å². The van der Waals surface area contributed by atoms with Crippen LogP contribution >= 0.6 is 11.6 Å². The zero-order chi connectivity index (χ0) is 15.0. The van der Waals surface area contributed by atoms with E-state index in [4.69, 9.17) is 25.9 Å². The first-order valence-electron chi connectivity index (χ1n) is 7.71. The van der Waals surface area contributed by atoms with Gasteiger partial charge in [0.15, 0.2) is 5.79 Å². The minimum Gasteiger partial charge on any atom is -0.390 e. The van der Waals surface area contributed by atoms with Crippen molar-refractivity contribution in [2.75, 3.05) is 32.8 Å². The Morgan fingerprint density at radius 3 is 2.77 bits per heavy atom. The Balaban J connectivity index is 1.32. The molecule has 3 heterocycles. The predicted molar refractivity (Wildman–Crippen MR) is 83.2 cm³/mol. The quantitative estimate of drug-likeness (QED) is 0.856. The summed E-state index contributed by atoms with van der Waals surface area (Å²) in [5, 5.41) is 4.97. The number of rotatable bonds is 3. The maximum absolute atomic E-state index is 5.92. The highest BCUT2D eigenvalue weighted by Gasteiger charge is 2.44. The first kappa shape index (κ1) is 14.5. The molecule has 2 saturated heterocycles. The molecule has 0 aliphatic carbocycles. The van der Waals surface area contributed by atoms with E-state index in [1.54, 1.807) is 0 Å². The Morgan fingerprint density at radius 1 is 1.23 bits per heavy atom. The van der Waals surface area contributed by atoms with Gasteiger partial charge in [-0.05, 0) is 17.7 Å². The van der Waals surface area contributed by atoms with Crippen molar-refractivity contribution in [2.45, 2.75) is 24.7 Å². The van der Waals surface area contributed by atoms with E-state index in [1.807, 2.05) is 24.3 Å². The Kier molecular flexibility index (Phi) is 3.82. The maximum atomic E-state index is 5.92. The Morgan fingerprint density at radius 2 is 2.00 bits per heavy atom. The van der Waals surface area contributed by atoms with Crippen LogP contribution in [0.15, 0.2) is 29.4 Å². The smallest absolute Gasteiger partial charge is 0.182 e. The molecule has 3 aliphatic heterocycles. The van der Waals surface area contributed by atoms with Crippen molar-refractivity contribution in [1.29, 1.82) is 0 Å². The van der Waals surface area contributed by atoms with Gasteiger partial charge in [-0.3, -0.25) is 4.90 Å². The normalized spacial score (nSPS) is 27.3. The molecule has 5 nitrogen and oxygen atoms in total. The molecule has 1 aromatic carbocycles. The van der Waals surface area contributed by atoms with Crippen LogP contribution in [0.1, 0.15) is 18.4 Å². The van der Waals surface area contributed by atoms with E-state index in [0.29, 0.717) is 13.2 Å². The van der Waals surface area contributed by atoms with E-state index in [1.165, 1.54) is 0 Å². The second-order valence-electron chi connectivity index (χ2n) is 6.07. The maximum Gasteiger partial charge on any atom is 0.182 e. The highest BCUT2D eigenvalue weighted by Crippen LogP contribution is 2.31. The molecule has 1 atom stereocenters. The lowest BCUT2D eigenvalue weighted by Gasteiger charge is -2.23. The third-order valence-corrected chi connectivity index (χ3v) is 4.71. The molecule has 0 aromatic heterocycles. The molecule has 118 valence electrons. The standard InChI is InChI=1S/C16H19ClN2O3/c17-13-3-1-12(2-4-13)15-9-14(22-18-15)10-19-6-5-16(11-19)20-7-8-21-16/h1-4,14H,5-11H2. The second kappa shape index (κ2) is 5.81. The highest BCUT2D eigenvalue weighted by molar-refractivity contribution is 6.30. The van der Waals surface area contributed by atoms with Crippen molar-refractivity contribution in [2.24, 2.45) is 5.16 Å². The molecule has 22 heavy (non-hydrogen) atoms. The second-order valence-corrected chi connectivity index (χ2v) is 6.51. The summed E-state index contributed by atoms with van der Waals surface area (Å²) in [6, 6.07) is 7.73. The van der Waals surface area contributed by atoms with Gasteiger partial charge in [-0.25, -0.2) is 0 Å². The lowest BCUT2D eigenvalue weighted by Crippen LogP contribution is -2.37. The molecule has 1 aromatic rings. The van der Waals surface area contributed by atoms with E-state index in [9.17, 15) is 0 Å². The van der Waals surface area contributed by atoms with Gasteiger partial charge in [0.1, 0.15) is 6.10 Å². The van der Waals surface area contributed by atoms with Crippen LogP contribution in [0.2, 0.25) is 5.02 Å².